The molecule has 0 bridgehead atoms. The van der Waals surface area contributed by atoms with E-state index in [0.29, 0.717) is 36.5 Å². The summed E-state index contributed by atoms with van der Waals surface area (Å²) in [6.07, 6.45) is 0.940. The number of ketones is 1. The maximum atomic E-state index is 12.1. The molecule has 0 aromatic heterocycles. The van der Waals surface area contributed by atoms with Crippen LogP contribution in [0.5, 0.6) is 11.5 Å². The van der Waals surface area contributed by atoms with Crippen LogP contribution in [0.4, 0.5) is 5.69 Å². The van der Waals surface area contributed by atoms with Crippen LogP contribution in [0.1, 0.15) is 41.3 Å². The van der Waals surface area contributed by atoms with E-state index >= 15 is 0 Å². The van der Waals surface area contributed by atoms with Gasteiger partial charge in [0.25, 0.3) is 0 Å². The van der Waals surface area contributed by atoms with Gasteiger partial charge in [0.1, 0.15) is 0 Å². The molecule has 2 rings (SSSR count). The highest BCUT2D eigenvalue weighted by Crippen LogP contribution is 2.28. The first-order chi connectivity index (χ1) is 12.4. The summed E-state index contributed by atoms with van der Waals surface area (Å²) in [5, 5.41) is 2.96. The molecule has 0 spiro atoms. The van der Waals surface area contributed by atoms with Gasteiger partial charge in [0, 0.05) is 17.7 Å². The molecule has 0 saturated carbocycles. The van der Waals surface area contributed by atoms with Crippen LogP contribution in [0.15, 0.2) is 36.4 Å². The molecule has 0 saturated heterocycles. The van der Waals surface area contributed by atoms with Gasteiger partial charge in [-0.3, -0.25) is 9.59 Å². The Kier molecular flexibility index (Phi) is 6.78. The number of ether oxygens (including phenoxy) is 2. The molecular weight excluding hydrogens is 330 g/mol. The van der Waals surface area contributed by atoms with Gasteiger partial charge in [0.2, 0.25) is 5.91 Å². The maximum absolute atomic E-state index is 12.1. The van der Waals surface area contributed by atoms with Crippen molar-refractivity contribution in [2.45, 2.75) is 33.6 Å². The van der Waals surface area contributed by atoms with E-state index in [1.54, 1.807) is 18.2 Å². The fourth-order valence-corrected chi connectivity index (χ4v) is 2.63. The molecule has 0 aliphatic carbocycles. The third kappa shape index (κ3) is 5.09. The van der Waals surface area contributed by atoms with Crippen LogP contribution < -0.4 is 14.8 Å². The zero-order valence-corrected chi connectivity index (χ0v) is 15.7. The number of aryl methyl sites for hydroxylation is 2. The minimum atomic E-state index is -0.0371. The summed E-state index contributed by atoms with van der Waals surface area (Å²) in [6.45, 7) is 5.84. The summed E-state index contributed by atoms with van der Waals surface area (Å²) in [7, 11) is 1.53. The average molecular weight is 355 g/mol. The van der Waals surface area contributed by atoms with Crippen molar-refractivity contribution >= 4 is 17.4 Å². The van der Waals surface area contributed by atoms with Gasteiger partial charge in [0.15, 0.2) is 17.3 Å². The number of rotatable bonds is 8. The second kappa shape index (κ2) is 9.04. The average Bonchev–Trinajstić information content (AvgIpc) is 2.61. The van der Waals surface area contributed by atoms with E-state index in [1.165, 1.54) is 14.0 Å². The maximum Gasteiger partial charge on any atom is 0.224 e. The normalized spacial score (nSPS) is 10.3. The number of amides is 1. The van der Waals surface area contributed by atoms with E-state index < -0.39 is 0 Å². The van der Waals surface area contributed by atoms with E-state index in [4.69, 9.17) is 9.47 Å². The molecule has 0 unspecified atom stereocenters. The molecule has 0 aliphatic heterocycles. The Balaban J connectivity index is 1.85. The van der Waals surface area contributed by atoms with Crippen molar-refractivity contribution in [2.75, 3.05) is 19.0 Å². The first-order valence-corrected chi connectivity index (χ1v) is 8.60. The molecule has 1 amide bonds. The van der Waals surface area contributed by atoms with E-state index in [-0.39, 0.29) is 11.7 Å². The number of hydrogen-bond acceptors (Lipinski definition) is 4. The fraction of sp³-hybridized carbons (Fsp3) is 0.333. The van der Waals surface area contributed by atoms with Gasteiger partial charge >= 0.3 is 0 Å². The number of Topliss-reactive ketones (excluding diaryl/α,β-unsaturated/α-hetero) is 1. The molecule has 0 aliphatic rings. The highest BCUT2D eigenvalue weighted by Gasteiger charge is 2.10. The minimum Gasteiger partial charge on any atom is -0.493 e. The van der Waals surface area contributed by atoms with E-state index in [1.807, 2.05) is 32.0 Å². The highest BCUT2D eigenvalue weighted by molar-refractivity contribution is 5.94. The quantitative estimate of drug-likeness (QED) is 0.566. The molecule has 138 valence electrons. The summed E-state index contributed by atoms with van der Waals surface area (Å²) in [6, 6.07) is 11.0. The van der Waals surface area contributed by atoms with E-state index in [0.717, 1.165) is 16.8 Å². The first-order valence-electron chi connectivity index (χ1n) is 8.60. The van der Waals surface area contributed by atoms with Crippen LogP contribution in [0.2, 0.25) is 0 Å². The lowest BCUT2D eigenvalue weighted by Crippen LogP contribution is -2.14. The summed E-state index contributed by atoms with van der Waals surface area (Å²) in [4.78, 5) is 23.6. The summed E-state index contributed by atoms with van der Waals surface area (Å²) in [5.41, 5.74) is 3.54. The SMILES string of the molecule is COc1cc(C(C)=O)ccc1OCCCC(=O)Nc1c(C)cccc1C. The van der Waals surface area contributed by atoms with Crippen molar-refractivity contribution in [3.8, 4) is 11.5 Å². The molecule has 5 heteroatoms. The number of anilines is 1. The summed E-state index contributed by atoms with van der Waals surface area (Å²) < 4.78 is 11.0. The Hall–Kier alpha value is -2.82. The van der Waals surface area contributed by atoms with Crippen molar-refractivity contribution in [2.24, 2.45) is 0 Å². The second-order valence-corrected chi connectivity index (χ2v) is 6.19. The van der Waals surface area contributed by atoms with Crippen LogP contribution in [-0.2, 0) is 4.79 Å². The van der Waals surface area contributed by atoms with Crippen LogP contribution in [0.3, 0.4) is 0 Å². The van der Waals surface area contributed by atoms with Crippen LogP contribution in [0.25, 0.3) is 0 Å². The third-order valence-corrected chi connectivity index (χ3v) is 4.12. The molecular formula is C21H25NO4. The van der Waals surface area contributed by atoms with E-state index in [2.05, 4.69) is 5.32 Å². The Morgan fingerprint density at radius 3 is 2.35 bits per heavy atom. The van der Waals surface area contributed by atoms with Crippen LogP contribution >= 0.6 is 0 Å². The highest BCUT2D eigenvalue weighted by atomic mass is 16.5. The smallest absolute Gasteiger partial charge is 0.224 e. The first kappa shape index (κ1) is 19.5. The number of methoxy groups -OCH3 is 1. The predicted octanol–water partition coefficient (Wildman–Crippen LogP) is 4.31. The lowest BCUT2D eigenvalue weighted by Gasteiger charge is -2.13. The third-order valence-electron chi connectivity index (χ3n) is 4.12. The number of para-hydroxylation sites is 1. The minimum absolute atomic E-state index is 0.0296. The second-order valence-electron chi connectivity index (χ2n) is 6.19. The Bertz CT molecular complexity index is 778. The van der Waals surface area contributed by atoms with Crippen molar-refractivity contribution in [3.05, 3.63) is 53.1 Å². The van der Waals surface area contributed by atoms with Crippen molar-refractivity contribution in [1.29, 1.82) is 0 Å². The largest absolute Gasteiger partial charge is 0.493 e. The van der Waals surface area contributed by atoms with Gasteiger partial charge in [-0.2, -0.15) is 0 Å². The molecule has 0 fully saturated rings. The molecule has 2 aromatic carbocycles. The van der Waals surface area contributed by atoms with Crippen LogP contribution in [0, 0.1) is 13.8 Å². The van der Waals surface area contributed by atoms with Gasteiger partial charge in [-0.1, -0.05) is 18.2 Å². The Labute approximate surface area is 154 Å². The predicted molar refractivity (Wildman–Crippen MR) is 102 cm³/mol. The number of benzene rings is 2. The van der Waals surface area contributed by atoms with Gasteiger partial charge in [-0.15, -0.1) is 0 Å². The lowest BCUT2D eigenvalue weighted by atomic mass is 10.1. The van der Waals surface area contributed by atoms with Crippen molar-refractivity contribution < 1.29 is 19.1 Å². The number of carbonyl (C=O) groups excluding carboxylic acids is 2. The van der Waals surface area contributed by atoms with E-state index in [9.17, 15) is 9.59 Å². The molecule has 1 N–H and O–H groups in total. The standard InChI is InChI=1S/C21H25NO4/c1-14-7-5-8-15(2)21(14)22-20(24)9-6-12-26-18-11-10-17(16(3)23)13-19(18)25-4/h5,7-8,10-11,13H,6,9,12H2,1-4H3,(H,22,24). The van der Waals surface area contributed by atoms with Crippen LogP contribution in [-0.4, -0.2) is 25.4 Å². The zero-order valence-electron chi connectivity index (χ0n) is 15.7. The molecule has 0 atom stereocenters. The lowest BCUT2D eigenvalue weighted by molar-refractivity contribution is -0.116. The van der Waals surface area contributed by atoms with Gasteiger partial charge in [-0.05, 0) is 56.5 Å². The molecule has 0 heterocycles. The topological polar surface area (TPSA) is 64.6 Å². The zero-order chi connectivity index (χ0) is 19.1. The Morgan fingerprint density at radius 1 is 1.04 bits per heavy atom. The number of carbonyl (C=O) groups is 2. The molecule has 0 radical (unpaired) electrons. The fourth-order valence-electron chi connectivity index (χ4n) is 2.63. The molecule has 5 nitrogen and oxygen atoms in total. The van der Waals surface area contributed by atoms with Crippen molar-refractivity contribution in [3.63, 3.8) is 0 Å². The summed E-state index contributed by atoms with van der Waals surface area (Å²) >= 11 is 0. The monoisotopic (exact) mass is 355 g/mol. The van der Waals surface area contributed by atoms with Crippen molar-refractivity contribution in [1.82, 2.24) is 0 Å². The summed E-state index contributed by atoms with van der Waals surface area (Å²) in [5.74, 6) is 1.01. The van der Waals surface area contributed by atoms with Gasteiger partial charge in [0.05, 0.1) is 13.7 Å². The number of hydrogen-bond donors (Lipinski definition) is 1. The Morgan fingerprint density at radius 2 is 1.73 bits per heavy atom. The number of nitrogens with one attached hydrogen (secondary N) is 1. The molecule has 2 aromatic rings. The van der Waals surface area contributed by atoms with Gasteiger partial charge in [-0.25, -0.2) is 0 Å². The van der Waals surface area contributed by atoms with Gasteiger partial charge < -0.3 is 14.8 Å². The molecule has 26 heavy (non-hydrogen) atoms.